The van der Waals surface area contributed by atoms with Crippen LogP contribution in [-0.2, 0) is 17.4 Å². The van der Waals surface area contributed by atoms with Crippen LogP contribution >= 0.6 is 0 Å². The van der Waals surface area contributed by atoms with Crippen LogP contribution in [0.4, 0.5) is 5.95 Å². The minimum Gasteiger partial charge on any atom is -0.392 e. The molecule has 0 spiro atoms. The number of anilines is 1. The van der Waals surface area contributed by atoms with Crippen molar-refractivity contribution in [2.24, 2.45) is 0 Å². The Hall–Kier alpha value is -1.01. The van der Waals surface area contributed by atoms with Gasteiger partial charge in [-0.1, -0.05) is 0 Å². The first-order valence-electron chi connectivity index (χ1n) is 4.81. The number of nitrogens with zero attached hydrogens (tertiary/aromatic N) is 3. The Bertz CT molecular complexity index is 345. The van der Waals surface area contributed by atoms with Crippen molar-refractivity contribution in [1.29, 1.82) is 0 Å². The lowest BCUT2D eigenvalue weighted by molar-refractivity contribution is 0.281. The van der Waals surface area contributed by atoms with Crippen molar-refractivity contribution in [3.05, 3.63) is 18.0 Å². The van der Waals surface area contributed by atoms with Crippen LogP contribution in [0.3, 0.4) is 0 Å². The Morgan fingerprint density at radius 3 is 2.47 bits per heavy atom. The van der Waals surface area contributed by atoms with Gasteiger partial charge in [-0.3, -0.25) is 4.21 Å². The summed E-state index contributed by atoms with van der Waals surface area (Å²) in [6, 6.07) is 0. The monoisotopic (exact) mass is 227 g/mol. The second-order valence-corrected chi connectivity index (χ2v) is 5.08. The molecule has 2 heterocycles. The van der Waals surface area contributed by atoms with Gasteiger partial charge in [0.05, 0.1) is 6.61 Å². The zero-order chi connectivity index (χ0) is 10.7. The maximum absolute atomic E-state index is 11.2. The second-order valence-electron chi connectivity index (χ2n) is 3.38. The van der Waals surface area contributed by atoms with E-state index in [9.17, 15) is 4.21 Å². The van der Waals surface area contributed by atoms with Gasteiger partial charge in [-0.2, -0.15) is 0 Å². The molecule has 1 aromatic heterocycles. The van der Waals surface area contributed by atoms with E-state index >= 15 is 0 Å². The molecular weight excluding hydrogens is 214 g/mol. The van der Waals surface area contributed by atoms with Crippen LogP contribution < -0.4 is 4.90 Å². The van der Waals surface area contributed by atoms with Crippen LogP contribution in [0.5, 0.6) is 0 Å². The maximum Gasteiger partial charge on any atom is 0.225 e. The summed E-state index contributed by atoms with van der Waals surface area (Å²) < 4.78 is 11.2. The summed E-state index contributed by atoms with van der Waals surface area (Å²) in [4.78, 5) is 10.3. The van der Waals surface area contributed by atoms with Crippen LogP contribution in [-0.4, -0.2) is 43.9 Å². The van der Waals surface area contributed by atoms with Gasteiger partial charge in [0.2, 0.25) is 5.95 Å². The van der Waals surface area contributed by atoms with Gasteiger partial charge in [0.15, 0.2) is 0 Å². The normalized spacial score (nSPS) is 18.1. The Morgan fingerprint density at radius 1 is 1.33 bits per heavy atom. The van der Waals surface area contributed by atoms with E-state index in [2.05, 4.69) is 9.97 Å². The summed E-state index contributed by atoms with van der Waals surface area (Å²) in [6.07, 6.45) is 3.24. The molecule has 5 nitrogen and oxygen atoms in total. The highest BCUT2D eigenvalue weighted by Crippen LogP contribution is 2.10. The van der Waals surface area contributed by atoms with Crippen LogP contribution in [0.25, 0.3) is 0 Å². The van der Waals surface area contributed by atoms with Crippen molar-refractivity contribution < 1.29 is 9.32 Å². The fraction of sp³-hybridized carbons (Fsp3) is 0.556. The quantitative estimate of drug-likeness (QED) is 0.740. The summed E-state index contributed by atoms with van der Waals surface area (Å²) in [5.41, 5.74) is 0.708. The predicted molar refractivity (Wildman–Crippen MR) is 58.0 cm³/mol. The van der Waals surface area contributed by atoms with Crippen LogP contribution in [0.1, 0.15) is 5.56 Å². The smallest absolute Gasteiger partial charge is 0.225 e. The lowest BCUT2D eigenvalue weighted by Gasteiger charge is -2.26. The molecule has 0 atom stereocenters. The molecule has 1 aromatic rings. The fourth-order valence-electron chi connectivity index (χ4n) is 1.43. The van der Waals surface area contributed by atoms with Crippen molar-refractivity contribution in [2.45, 2.75) is 6.61 Å². The molecule has 0 radical (unpaired) electrons. The number of rotatable bonds is 2. The third-order valence-corrected chi connectivity index (χ3v) is 3.61. The first-order chi connectivity index (χ1) is 7.29. The van der Waals surface area contributed by atoms with Gasteiger partial charge in [0.1, 0.15) is 0 Å². The van der Waals surface area contributed by atoms with Gasteiger partial charge in [-0.15, -0.1) is 0 Å². The molecule has 1 aliphatic rings. The molecule has 0 saturated carbocycles. The molecule has 0 unspecified atom stereocenters. The average Bonchev–Trinajstić information content (AvgIpc) is 2.30. The van der Waals surface area contributed by atoms with Crippen LogP contribution in [0.15, 0.2) is 12.4 Å². The minimum atomic E-state index is -0.678. The molecule has 1 fully saturated rings. The van der Waals surface area contributed by atoms with E-state index in [1.54, 1.807) is 12.4 Å². The average molecular weight is 227 g/mol. The van der Waals surface area contributed by atoms with Gasteiger partial charge in [-0.25, -0.2) is 9.97 Å². The fourth-order valence-corrected chi connectivity index (χ4v) is 2.48. The maximum atomic E-state index is 11.2. The van der Waals surface area contributed by atoms with E-state index in [0.29, 0.717) is 23.0 Å². The molecule has 0 bridgehead atoms. The van der Waals surface area contributed by atoms with E-state index < -0.39 is 10.8 Å². The Labute approximate surface area is 90.6 Å². The molecule has 0 aliphatic carbocycles. The topological polar surface area (TPSA) is 66.3 Å². The van der Waals surface area contributed by atoms with Gasteiger partial charge >= 0.3 is 0 Å². The Morgan fingerprint density at radius 2 is 1.93 bits per heavy atom. The highest BCUT2D eigenvalue weighted by molar-refractivity contribution is 7.85. The molecule has 0 amide bonds. The third kappa shape index (κ3) is 2.51. The van der Waals surface area contributed by atoms with E-state index in [1.165, 1.54) is 0 Å². The zero-order valence-electron chi connectivity index (χ0n) is 8.30. The van der Waals surface area contributed by atoms with Gasteiger partial charge in [0.25, 0.3) is 0 Å². The first kappa shape index (κ1) is 10.5. The highest BCUT2D eigenvalue weighted by Gasteiger charge is 2.17. The summed E-state index contributed by atoms with van der Waals surface area (Å²) in [7, 11) is -0.678. The van der Waals surface area contributed by atoms with Crippen LogP contribution in [0.2, 0.25) is 0 Å². The molecular formula is C9H13N3O2S. The van der Waals surface area contributed by atoms with Crippen molar-refractivity contribution in [3.8, 4) is 0 Å². The van der Waals surface area contributed by atoms with Crippen molar-refractivity contribution in [3.63, 3.8) is 0 Å². The summed E-state index contributed by atoms with van der Waals surface area (Å²) in [5.74, 6) is 2.03. The molecule has 1 N–H and O–H groups in total. The van der Waals surface area contributed by atoms with Crippen LogP contribution in [0, 0.1) is 0 Å². The summed E-state index contributed by atoms with van der Waals surface area (Å²) >= 11 is 0. The minimum absolute atomic E-state index is 0.0374. The number of hydrogen-bond acceptors (Lipinski definition) is 5. The number of aliphatic hydroxyl groups is 1. The third-order valence-electron chi connectivity index (χ3n) is 2.33. The number of aliphatic hydroxyl groups excluding tert-OH is 1. The molecule has 82 valence electrons. The van der Waals surface area contributed by atoms with E-state index in [-0.39, 0.29) is 6.61 Å². The highest BCUT2D eigenvalue weighted by atomic mass is 32.2. The second kappa shape index (κ2) is 4.67. The molecule has 1 saturated heterocycles. The standard InChI is InChI=1S/C9H13N3O2S/c13-7-8-5-10-9(11-6-8)12-1-3-15(14)4-2-12/h5-6,13H,1-4,7H2. The lowest BCUT2D eigenvalue weighted by Crippen LogP contribution is -2.38. The summed E-state index contributed by atoms with van der Waals surface area (Å²) in [6.45, 7) is 1.44. The number of hydrogen-bond donors (Lipinski definition) is 1. The lowest BCUT2D eigenvalue weighted by atomic mass is 10.4. The van der Waals surface area contributed by atoms with E-state index in [1.807, 2.05) is 4.90 Å². The van der Waals surface area contributed by atoms with Gasteiger partial charge in [0, 0.05) is 53.4 Å². The molecule has 1 aliphatic heterocycles. The first-order valence-corrected chi connectivity index (χ1v) is 6.30. The SMILES string of the molecule is O=S1CCN(c2ncc(CO)cn2)CC1. The zero-order valence-corrected chi connectivity index (χ0v) is 9.11. The Kier molecular flexibility index (Phi) is 3.27. The van der Waals surface area contributed by atoms with Gasteiger partial charge in [-0.05, 0) is 0 Å². The van der Waals surface area contributed by atoms with Crippen molar-refractivity contribution in [1.82, 2.24) is 9.97 Å². The number of aromatic nitrogens is 2. The predicted octanol–water partition coefficient (Wildman–Crippen LogP) is -0.462. The van der Waals surface area contributed by atoms with E-state index in [0.717, 1.165) is 13.1 Å². The largest absolute Gasteiger partial charge is 0.392 e. The molecule has 2 rings (SSSR count). The molecule has 15 heavy (non-hydrogen) atoms. The van der Waals surface area contributed by atoms with Gasteiger partial charge < -0.3 is 10.0 Å². The van der Waals surface area contributed by atoms with E-state index in [4.69, 9.17) is 5.11 Å². The molecule has 6 heteroatoms. The van der Waals surface area contributed by atoms with Crippen molar-refractivity contribution in [2.75, 3.05) is 29.5 Å². The molecule has 0 aromatic carbocycles. The Balaban J connectivity index is 2.06. The van der Waals surface area contributed by atoms with Crippen molar-refractivity contribution >= 4 is 16.7 Å². The summed E-state index contributed by atoms with van der Waals surface area (Å²) in [5, 5.41) is 8.84.